The first-order chi connectivity index (χ1) is 9.27. The minimum Gasteiger partial charge on any atom is -0.350 e. The number of rotatable bonds is 3. The van der Waals surface area contributed by atoms with E-state index < -0.39 is 6.29 Å². The molecule has 1 aromatic carbocycles. The van der Waals surface area contributed by atoms with Crippen LogP contribution < -0.4 is 0 Å². The van der Waals surface area contributed by atoms with Gasteiger partial charge in [0.15, 0.2) is 0 Å². The van der Waals surface area contributed by atoms with E-state index in [2.05, 4.69) is 21.7 Å². The molecule has 0 aliphatic heterocycles. The molecular weight excluding hydrogens is 240 g/mol. The van der Waals surface area contributed by atoms with Gasteiger partial charge in [-0.15, -0.1) is 0 Å². The third-order valence-corrected chi connectivity index (χ3v) is 3.49. The lowest BCUT2D eigenvalue weighted by atomic mass is 10.1. The summed E-state index contributed by atoms with van der Waals surface area (Å²) in [6, 6.07) is 10.3. The van der Waals surface area contributed by atoms with Gasteiger partial charge >= 0.3 is 0 Å². The average Bonchev–Trinajstić information content (AvgIpc) is 2.75. The summed E-state index contributed by atoms with van der Waals surface area (Å²) in [5.74, 6) is 0. The molecule has 98 valence electrons. The van der Waals surface area contributed by atoms with Gasteiger partial charge in [0.2, 0.25) is 6.29 Å². The molecule has 19 heavy (non-hydrogen) atoms. The lowest BCUT2D eigenvalue weighted by Crippen LogP contribution is -2.08. The Balaban J connectivity index is 2.42. The number of nitrogens with zero attached hydrogens (tertiary/aromatic N) is 2. The molecular formula is C15H16N2O2. The highest BCUT2D eigenvalue weighted by Crippen LogP contribution is 2.32. The van der Waals surface area contributed by atoms with Crippen molar-refractivity contribution in [1.82, 2.24) is 9.55 Å². The van der Waals surface area contributed by atoms with Crippen molar-refractivity contribution in [3.8, 4) is 0 Å². The molecule has 0 bridgehead atoms. The second-order valence-electron chi connectivity index (χ2n) is 4.47. The highest BCUT2D eigenvalue weighted by atomic mass is 16.7. The van der Waals surface area contributed by atoms with E-state index in [4.69, 9.17) is 9.47 Å². The number of hydrogen-bond donors (Lipinski definition) is 0. The molecule has 0 aliphatic rings. The molecule has 0 aliphatic carbocycles. The Bertz CT molecular complexity index is 729. The molecule has 4 nitrogen and oxygen atoms in total. The van der Waals surface area contributed by atoms with Crippen LogP contribution in [0.3, 0.4) is 0 Å². The maximum atomic E-state index is 5.35. The zero-order valence-electron chi connectivity index (χ0n) is 11.3. The summed E-state index contributed by atoms with van der Waals surface area (Å²) in [6.07, 6.45) is 1.35. The smallest absolute Gasteiger partial charge is 0.202 e. The van der Waals surface area contributed by atoms with E-state index in [1.807, 2.05) is 25.2 Å². The molecule has 0 unspecified atom stereocenters. The molecule has 0 amide bonds. The summed E-state index contributed by atoms with van der Waals surface area (Å²) in [6.45, 7) is 0. The van der Waals surface area contributed by atoms with Gasteiger partial charge in [-0.05, 0) is 12.1 Å². The first-order valence-electron chi connectivity index (χ1n) is 6.15. The third-order valence-electron chi connectivity index (χ3n) is 3.49. The molecule has 2 heterocycles. The fraction of sp³-hybridized carbons (Fsp3) is 0.267. The normalized spacial score (nSPS) is 11.8. The summed E-state index contributed by atoms with van der Waals surface area (Å²) in [7, 11) is 5.28. The van der Waals surface area contributed by atoms with E-state index in [1.165, 1.54) is 16.3 Å². The maximum absolute atomic E-state index is 5.35. The standard InChI is InChI=1S/C15H16N2O2/c1-17-12-7-5-4-6-10(12)11-8-9-16-13(14(11)17)15(18-2)19-3/h4-9,15H,1-3H3. The van der Waals surface area contributed by atoms with Crippen LogP contribution in [-0.4, -0.2) is 23.8 Å². The molecule has 0 N–H and O–H groups in total. The number of methoxy groups -OCH3 is 2. The minimum absolute atomic E-state index is 0.452. The Morgan fingerprint density at radius 2 is 1.79 bits per heavy atom. The van der Waals surface area contributed by atoms with E-state index in [9.17, 15) is 0 Å². The molecule has 2 aromatic heterocycles. The van der Waals surface area contributed by atoms with E-state index in [1.54, 1.807) is 20.4 Å². The highest BCUT2D eigenvalue weighted by molar-refractivity contribution is 6.08. The van der Waals surface area contributed by atoms with E-state index in [0.717, 1.165) is 11.2 Å². The molecule has 0 radical (unpaired) electrons. The number of ether oxygens (including phenoxy) is 2. The number of benzene rings is 1. The summed E-state index contributed by atoms with van der Waals surface area (Å²) >= 11 is 0. The number of aryl methyl sites for hydroxylation is 1. The van der Waals surface area contributed by atoms with Crippen LogP contribution >= 0.6 is 0 Å². The number of aromatic nitrogens is 2. The van der Waals surface area contributed by atoms with Gasteiger partial charge in [-0.3, -0.25) is 4.98 Å². The summed E-state index contributed by atoms with van der Waals surface area (Å²) in [5, 5.41) is 2.39. The van der Waals surface area contributed by atoms with Crippen molar-refractivity contribution in [3.63, 3.8) is 0 Å². The topological polar surface area (TPSA) is 36.3 Å². The largest absolute Gasteiger partial charge is 0.350 e. The second-order valence-corrected chi connectivity index (χ2v) is 4.47. The fourth-order valence-electron chi connectivity index (χ4n) is 2.65. The van der Waals surface area contributed by atoms with Gasteiger partial charge in [0.25, 0.3) is 0 Å². The van der Waals surface area contributed by atoms with Crippen molar-refractivity contribution in [3.05, 3.63) is 42.2 Å². The average molecular weight is 256 g/mol. The molecule has 0 fully saturated rings. The quantitative estimate of drug-likeness (QED) is 0.676. The SMILES string of the molecule is COC(OC)c1nccc2c3ccccc3n(C)c12. The van der Waals surface area contributed by atoms with Crippen LogP contribution in [0.1, 0.15) is 12.0 Å². The van der Waals surface area contributed by atoms with E-state index >= 15 is 0 Å². The first kappa shape index (κ1) is 12.1. The van der Waals surface area contributed by atoms with Crippen LogP contribution in [0.5, 0.6) is 0 Å². The monoisotopic (exact) mass is 256 g/mol. The predicted octanol–water partition coefficient (Wildman–Crippen LogP) is 3.02. The van der Waals surface area contributed by atoms with Crippen LogP contribution in [-0.2, 0) is 16.5 Å². The maximum Gasteiger partial charge on any atom is 0.202 e. The van der Waals surface area contributed by atoms with Crippen LogP contribution in [0.15, 0.2) is 36.5 Å². The number of hydrogen-bond acceptors (Lipinski definition) is 3. The zero-order chi connectivity index (χ0) is 13.4. The van der Waals surface area contributed by atoms with Crippen molar-refractivity contribution in [2.24, 2.45) is 7.05 Å². The predicted molar refractivity (Wildman–Crippen MR) is 75.0 cm³/mol. The summed E-state index contributed by atoms with van der Waals surface area (Å²) in [4.78, 5) is 4.43. The van der Waals surface area contributed by atoms with Gasteiger partial charge in [-0.25, -0.2) is 0 Å². The zero-order valence-corrected chi connectivity index (χ0v) is 11.3. The molecule has 0 saturated carbocycles. The third kappa shape index (κ3) is 1.72. The van der Waals surface area contributed by atoms with E-state index in [0.29, 0.717) is 0 Å². The molecule has 0 saturated heterocycles. The van der Waals surface area contributed by atoms with Gasteiger partial charge in [0.1, 0.15) is 5.69 Å². The van der Waals surface area contributed by atoms with Crippen LogP contribution in [0.4, 0.5) is 0 Å². The first-order valence-corrected chi connectivity index (χ1v) is 6.15. The van der Waals surface area contributed by atoms with Gasteiger partial charge in [0, 0.05) is 43.8 Å². The number of pyridine rings is 1. The Kier molecular flexibility index (Phi) is 2.97. The van der Waals surface area contributed by atoms with Crippen molar-refractivity contribution >= 4 is 21.8 Å². The summed E-state index contributed by atoms with van der Waals surface area (Å²) < 4.78 is 12.8. The number of para-hydroxylation sites is 1. The van der Waals surface area contributed by atoms with Crippen LogP contribution in [0, 0.1) is 0 Å². The van der Waals surface area contributed by atoms with Crippen molar-refractivity contribution < 1.29 is 9.47 Å². The van der Waals surface area contributed by atoms with Crippen molar-refractivity contribution in [1.29, 1.82) is 0 Å². The molecule has 0 atom stereocenters. The summed E-state index contributed by atoms with van der Waals surface area (Å²) in [5.41, 5.74) is 3.04. The molecule has 3 rings (SSSR count). The fourth-order valence-corrected chi connectivity index (χ4v) is 2.65. The number of fused-ring (bicyclic) bond motifs is 3. The van der Waals surface area contributed by atoms with Gasteiger partial charge < -0.3 is 14.0 Å². The Hall–Kier alpha value is -1.91. The molecule has 3 aromatic rings. The van der Waals surface area contributed by atoms with Gasteiger partial charge in [-0.2, -0.15) is 0 Å². The Morgan fingerprint density at radius 3 is 2.53 bits per heavy atom. The minimum atomic E-state index is -0.452. The van der Waals surface area contributed by atoms with Crippen LogP contribution in [0.25, 0.3) is 21.8 Å². The Labute approximate surface area is 111 Å². The Morgan fingerprint density at radius 1 is 1.05 bits per heavy atom. The van der Waals surface area contributed by atoms with E-state index in [-0.39, 0.29) is 0 Å². The lowest BCUT2D eigenvalue weighted by molar-refractivity contribution is -0.107. The second kappa shape index (κ2) is 4.64. The van der Waals surface area contributed by atoms with Gasteiger partial charge in [0.05, 0.1) is 5.52 Å². The highest BCUT2D eigenvalue weighted by Gasteiger charge is 2.19. The van der Waals surface area contributed by atoms with Crippen molar-refractivity contribution in [2.75, 3.05) is 14.2 Å². The molecule has 0 spiro atoms. The lowest BCUT2D eigenvalue weighted by Gasteiger charge is -2.14. The van der Waals surface area contributed by atoms with Gasteiger partial charge in [-0.1, -0.05) is 18.2 Å². The van der Waals surface area contributed by atoms with Crippen LogP contribution in [0.2, 0.25) is 0 Å². The van der Waals surface area contributed by atoms with Crippen molar-refractivity contribution in [2.45, 2.75) is 6.29 Å². The molecule has 4 heteroatoms.